The normalized spacial score (nSPS) is 19.5. The Kier molecular flexibility index (Phi) is 6.86. The lowest BCUT2D eigenvalue weighted by Crippen LogP contribution is -2.42. The molecule has 0 aromatic heterocycles. The smallest absolute Gasteiger partial charge is 0.236 e. The van der Waals surface area contributed by atoms with Crippen molar-refractivity contribution in [3.05, 3.63) is 18.2 Å². The fourth-order valence-electron chi connectivity index (χ4n) is 4.20. The summed E-state index contributed by atoms with van der Waals surface area (Å²) >= 11 is 0. The van der Waals surface area contributed by atoms with E-state index in [1.54, 1.807) is 0 Å². The van der Waals surface area contributed by atoms with Crippen LogP contribution < -0.4 is 15.0 Å². The molecule has 1 fully saturated rings. The Bertz CT molecular complexity index is 736. The maximum Gasteiger partial charge on any atom is 0.236 e. The number of rotatable bonds is 6. The lowest BCUT2D eigenvalue weighted by Gasteiger charge is -2.29. The minimum atomic E-state index is -0.583. The van der Waals surface area contributed by atoms with E-state index in [-0.39, 0.29) is 11.8 Å². The maximum atomic E-state index is 13.2. The summed E-state index contributed by atoms with van der Waals surface area (Å²) in [6, 6.07) is 5.65. The van der Waals surface area contributed by atoms with Crippen molar-refractivity contribution in [1.82, 2.24) is 0 Å². The Morgan fingerprint density at radius 3 is 2.66 bits per heavy atom. The van der Waals surface area contributed by atoms with Crippen LogP contribution in [-0.2, 0) is 9.59 Å². The molecule has 1 N–H and O–H groups in total. The topological polar surface area (TPSA) is 58.6 Å². The van der Waals surface area contributed by atoms with Crippen molar-refractivity contribution >= 4 is 23.2 Å². The highest BCUT2D eigenvalue weighted by molar-refractivity contribution is 6.00. The van der Waals surface area contributed by atoms with Crippen LogP contribution in [0.2, 0.25) is 0 Å². The van der Waals surface area contributed by atoms with E-state index in [4.69, 9.17) is 4.74 Å². The third kappa shape index (κ3) is 5.52. The van der Waals surface area contributed by atoms with Crippen LogP contribution >= 0.6 is 0 Å². The van der Waals surface area contributed by atoms with Crippen LogP contribution in [0.25, 0.3) is 0 Å². The molecule has 5 heteroatoms. The summed E-state index contributed by atoms with van der Waals surface area (Å²) in [5.74, 6) is 1.84. The molecule has 0 bridgehead atoms. The molecule has 0 atom stereocenters. The van der Waals surface area contributed by atoms with Crippen LogP contribution in [-0.4, -0.2) is 25.0 Å². The third-order valence-electron chi connectivity index (χ3n) is 6.07. The standard InChI is InChI=1S/C24H36N2O3/c1-17(2)12-13-26-20-15-19(25-22(27)14-18-8-6-5-7-9-18)10-11-21(20)29-16-24(3,4)23(26)28/h10-11,15,17-18H,5-9,12-14,16H2,1-4H3,(H,25,27). The van der Waals surface area contributed by atoms with Crippen molar-refractivity contribution in [2.45, 2.75) is 72.6 Å². The van der Waals surface area contributed by atoms with Gasteiger partial charge in [-0.25, -0.2) is 0 Å². The monoisotopic (exact) mass is 400 g/mol. The van der Waals surface area contributed by atoms with Gasteiger partial charge in [-0.05, 0) is 63.1 Å². The number of benzene rings is 1. The van der Waals surface area contributed by atoms with Gasteiger partial charge in [-0.1, -0.05) is 33.1 Å². The number of carbonyl (C=O) groups excluding carboxylic acids is 2. The van der Waals surface area contributed by atoms with E-state index in [2.05, 4.69) is 19.2 Å². The van der Waals surface area contributed by atoms with Gasteiger partial charge in [0.1, 0.15) is 12.4 Å². The molecule has 1 aromatic carbocycles. The van der Waals surface area contributed by atoms with Crippen molar-refractivity contribution in [3.8, 4) is 5.75 Å². The number of anilines is 2. The number of nitrogens with zero attached hydrogens (tertiary/aromatic N) is 1. The van der Waals surface area contributed by atoms with E-state index in [0.29, 0.717) is 37.2 Å². The molecule has 2 amide bonds. The first-order valence-electron chi connectivity index (χ1n) is 11.1. The average molecular weight is 401 g/mol. The zero-order valence-corrected chi connectivity index (χ0v) is 18.4. The third-order valence-corrected chi connectivity index (χ3v) is 6.07. The van der Waals surface area contributed by atoms with E-state index in [1.165, 1.54) is 19.3 Å². The summed E-state index contributed by atoms with van der Waals surface area (Å²) in [6.07, 6.45) is 7.55. The van der Waals surface area contributed by atoms with Crippen molar-refractivity contribution in [2.24, 2.45) is 17.3 Å². The second-order valence-corrected chi connectivity index (χ2v) is 9.75. The zero-order valence-electron chi connectivity index (χ0n) is 18.4. The molecule has 1 aliphatic carbocycles. The van der Waals surface area contributed by atoms with Crippen LogP contribution in [0, 0.1) is 17.3 Å². The SMILES string of the molecule is CC(C)CCN1C(=O)C(C)(C)COc2ccc(NC(=O)CC3CCCCC3)cc21. The molecule has 160 valence electrons. The van der Waals surface area contributed by atoms with Gasteiger partial charge >= 0.3 is 0 Å². The van der Waals surface area contributed by atoms with Crippen molar-refractivity contribution in [1.29, 1.82) is 0 Å². The number of ether oxygens (including phenoxy) is 1. The zero-order chi connectivity index (χ0) is 21.0. The Morgan fingerprint density at radius 2 is 1.97 bits per heavy atom. The lowest BCUT2D eigenvalue weighted by atomic mass is 9.87. The van der Waals surface area contributed by atoms with E-state index >= 15 is 0 Å². The molecule has 5 nitrogen and oxygen atoms in total. The molecule has 0 radical (unpaired) electrons. The molecule has 1 aromatic rings. The summed E-state index contributed by atoms with van der Waals surface area (Å²) in [4.78, 5) is 27.6. The maximum absolute atomic E-state index is 13.2. The summed E-state index contributed by atoms with van der Waals surface area (Å²) in [7, 11) is 0. The van der Waals surface area contributed by atoms with Gasteiger partial charge in [-0.3, -0.25) is 9.59 Å². The van der Waals surface area contributed by atoms with Crippen molar-refractivity contribution in [3.63, 3.8) is 0 Å². The fourth-order valence-corrected chi connectivity index (χ4v) is 4.20. The Balaban J connectivity index is 1.78. The van der Waals surface area contributed by atoms with Crippen LogP contribution in [0.3, 0.4) is 0 Å². The molecule has 0 unspecified atom stereocenters. The van der Waals surface area contributed by atoms with Gasteiger partial charge in [-0.2, -0.15) is 0 Å². The minimum Gasteiger partial charge on any atom is -0.490 e. The Hall–Kier alpha value is -2.04. The summed E-state index contributed by atoms with van der Waals surface area (Å²) in [5, 5.41) is 3.05. The van der Waals surface area contributed by atoms with Gasteiger partial charge in [0.25, 0.3) is 0 Å². The first-order valence-corrected chi connectivity index (χ1v) is 11.1. The van der Waals surface area contributed by atoms with E-state index in [9.17, 15) is 9.59 Å². The highest BCUT2D eigenvalue weighted by Crippen LogP contribution is 2.38. The molecular weight excluding hydrogens is 364 g/mol. The number of nitrogens with one attached hydrogen (secondary N) is 1. The summed E-state index contributed by atoms with van der Waals surface area (Å²) < 4.78 is 5.98. The molecular formula is C24H36N2O3. The molecule has 2 aliphatic rings. The summed E-state index contributed by atoms with van der Waals surface area (Å²) in [5.41, 5.74) is 0.910. The van der Waals surface area contributed by atoms with Gasteiger partial charge in [-0.15, -0.1) is 0 Å². The number of hydrogen-bond acceptors (Lipinski definition) is 3. The molecule has 1 aliphatic heterocycles. The highest BCUT2D eigenvalue weighted by atomic mass is 16.5. The van der Waals surface area contributed by atoms with E-state index in [1.807, 2.05) is 36.9 Å². The first-order chi connectivity index (χ1) is 13.8. The molecule has 0 saturated heterocycles. The minimum absolute atomic E-state index is 0.0618. The highest BCUT2D eigenvalue weighted by Gasteiger charge is 2.37. The van der Waals surface area contributed by atoms with Crippen molar-refractivity contribution in [2.75, 3.05) is 23.4 Å². The average Bonchev–Trinajstić information content (AvgIpc) is 2.76. The van der Waals surface area contributed by atoms with Crippen LogP contribution in [0.1, 0.15) is 72.6 Å². The molecule has 1 saturated carbocycles. The van der Waals surface area contributed by atoms with E-state index in [0.717, 1.165) is 30.6 Å². The van der Waals surface area contributed by atoms with Gasteiger partial charge in [0.15, 0.2) is 0 Å². The van der Waals surface area contributed by atoms with Crippen LogP contribution in [0.4, 0.5) is 11.4 Å². The van der Waals surface area contributed by atoms with E-state index < -0.39 is 5.41 Å². The fraction of sp³-hybridized carbons (Fsp3) is 0.667. The van der Waals surface area contributed by atoms with Gasteiger partial charge in [0.05, 0.1) is 11.1 Å². The van der Waals surface area contributed by atoms with Crippen molar-refractivity contribution < 1.29 is 14.3 Å². The van der Waals surface area contributed by atoms with Gasteiger partial charge in [0, 0.05) is 18.7 Å². The molecule has 29 heavy (non-hydrogen) atoms. The number of amides is 2. The second kappa shape index (κ2) is 9.19. The number of hydrogen-bond donors (Lipinski definition) is 1. The Morgan fingerprint density at radius 1 is 1.24 bits per heavy atom. The Labute approximate surface area is 175 Å². The molecule has 0 spiro atoms. The molecule has 3 rings (SSSR count). The second-order valence-electron chi connectivity index (χ2n) is 9.75. The molecule has 1 heterocycles. The van der Waals surface area contributed by atoms with Crippen LogP contribution in [0.5, 0.6) is 5.75 Å². The van der Waals surface area contributed by atoms with Gasteiger partial charge in [0.2, 0.25) is 11.8 Å². The lowest BCUT2D eigenvalue weighted by molar-refractivity contribution is -0.127. The predicted molar refractivity (Wildman–Crippen MR) is 117 cm³/mol. The number of fused-ring (bicyclic) bond motifs is 1. The summed E-state index contributed by atoms with van der Waals surface area (Å²) in [6.45, 7) is 9.17. The first kappa shape index (κ1) is 21.7. The predicted octanol–water partition coefficient (Wildman–Crippen LogP) is 5.39. The van der Waals surface area contributed by atoms with Crippen LogP contribution in [0.15, 0.2) is 18.2 Å². The largest absolute Gasteiger partial charge is 0.490 e. The van der Waals surface area contributed by atoms with Gasteiger partial charge < -0.3 is 15.0 Å². The number of carbonyl (C=O) groups is 2. The quantitative estimate of drug-likeness (QED) is 0.696.